The SMILES string of the molecule is C=C(C)C(=O)OCCCCO.O=S(=O)(O)O. The fraction of sp³-hybridized carbons (Fsp3) is 0.625. The van der Waals surface area contributed by atoms with Crippen molar-refractivity contribution >= 4 is 16.4 Å². The molecule has 0 bridgehead atoms. The van der Waals surface area contributed by atoms with Crippen LogP contribution in [-0.4, -0.2) is 41.8 Å². The second-order valence-electron chi connectivity index (χ2n) is 2.79. The third-order valence-electron chi connectivity index (χ3n) is 1.13. The molecular weight excluding hydrogens is 240 g/mol. The van der Waals surface area contributed by atoms with Crippen LogP contribution in [0.15, 0.2) is 12.2 Å². The van der Waals surface area contributed by atoms with E-state index in [0.29, 0.717) is 25.0 Å². The smallest absolute Gasteiger partial charge is 0.394 e. The van der Waals surface area contributed by atoms with Crippen molar-refractivity contribution in [3.63, 3.8) is 0 Å². The van der Waals surface area contributed by atoms with Crippen LogP contribution in [-0.2, 0) is 19.9 Å². The number of aliphatic hydroxyl groups is 1. The third-order valence-corrected chi connectivity index (χ3v) is 1.13. The van der Waals surface area contributed by atoms with E-state index in [9.17, 15) is 4.79 Å². The van der Waals surface area contributed by atoms with Crippen LogP contribution < -0.4 is 0 Å². The van der Waals surface area contributed by atoms with Crippen molar-refractivity contribution in [3.05, 3.63) is 12.2 Å². The Morgan fingerprint density at radius 3 is 2.06 bits per heavy atom. The van der Waals surface area contributed by atoms with Crippen LogP contribution in [0.3, 0.4) is 0 Å². The van der Waals surface area contributed by atoms with Gasteiger partial charge in [-0.15, -0.1) is 0 Å². The molecule has 0 aliphatic heterocycles. The molecule has 0 aliphatic rings. The molecule has 16 heavy (non-hydrogen) atoms. The Bertz CT molecular complexity index is 298. The van der Waals surface area contributed by atoms with E-state index in [1.165, 1.54) is 0 Å². The summed E-state index contributed by atoms with van der Waals surface area (Å²) in [6.45, 7) is 5.55. The molecule has 0 aromatic carbocycles. The van der Waals surface area contributed by atoms with Gasteiger partial charge in [0.15, 0.2) is 0 Å². The lowest BCUT2D eigenvalue weighted by molar-refractivity contribution is -0.139. The van der Waals surface area contributed by atoms with Crippen LogP contribution in [0.4, 0.5) is 0 Å². The van der Waals surface area contributed by atoms with E-state index in [2.05, 4.69) is 6.58 Å². The normalized spacial score (nSPS) is 10.0. The van der Waals surface area contributed by atoms with Crippen LogP contribution in [0.25, 0.3) is 0 Å². The Morgan fingerprint density at radius 2 is 1.75 bits per heavy atom. The lowest BCUT2D eigenvalue weighted by Crippen LogP contribution is -2.06. The minimum absolute atomic E-state index is 0.143. The van der Waals surface area contributed by atoms with Crippen molar-refractivity contribution in [2.75, 3.05) is 13.2 Å². The minimum Gasteiger partial charge on any atom is -0.462 e. The van der Waals surface area contributed by atoms with Gasteiger partial charge in [-0.3, -0.25) is 9.11 Å². The Kier molecular flexibility index (Phi) is 10.1. The van der Waals surface area contributed by atoms with Gasteiger partial charge in [0.1, 0.15) is 0 Å². The highest BCUT2D eigenvalue weighted by Gasteiger charge is 2.00. The average Bonchev–Trinajstić information content (AvgIpc) is 2.09. The maximum absolute atomic E-state index is 10.7. The molecule has 0 spiro atoms. The largest absolute Gasteiger partial charge is 0.462 e. The van der Waals surface area contributed by atoms with Crippen LogP contribution in [0, 0.1) is 0 Å². The summed E-state index contributed by atoms with van der Waals surface area (Å²) in [5, 5.41) is 8.38. The van der Waals surface area contributed by atoms with Crippen molar-refractivity contribution in [1.29, 1.82) is 0 Å². The number of hydrogen-bond acceptors (Lipinski definition) is 5. The van der Waals surface area contributed by atoms with E-state index in [1.807, 2.05) is 0 Å². The number of unbranched alkanes of at least 4 members (excludes halogenated alkanes) is 1. The standard InChI is InChI=1S/C8H14O3.H2O4S/c1-7(2)8(10)11-6-4-3-5-9;1-5(2,3)4/h9H,1,3-6H2,2H3;(H2,1,2,3,4). The fourth-order valence-corrected chi connectivity index (χ4v) is 0.502. The van der Waals surface area contributed by atoms with Crippen LogP contribution >= 0.6 is 0 Å². The predicted molar refractivity (Wildman–Crippen MR) is 56.3 cm³/mol. The number of rotatable bonds is 5. The van der Waals surface area contributed by atoms with Crippen LogP contribution in [0.1, 0.15) is 19.8 Å². The first-order chi connectivity index (χ1) is 7.18. The van der Waals surface area contributed by atoms with Gasteiger partial charge in [0.2, 0.25) is 0 Å². The number of esters is 1. The topological polar surface area (TPSA) is 121 Å². The van der Waals surface area contributed by atoms with Gasteiger partial charge in [-0.05, 0) is 19.8 Å². The van der Waals surface area contributed by atoms with E-state index in [4.69, 9.17) is 27.4 Å². The number of carbonyl (C=O) groups excluding carboxylic acids is 1. The summed E-state index contributed by atoms with van der Waals surface area (Å²) in [7, 11) is -4.67. The number of hydrogen-bond donors (Lipinski definition) is 3. The lowest BCUT2D eigenvalue weighted by atomic mass is 10.3. The first-order valence-electron chi connectivity index (χ1n) is 4.32. The number of aliphatic hydroxyl groups excluding tert-OH is 1. The molecule has 0 aliphatic carbocycles. The summed E-state index contributed by atoms with van der Waals surface area (Å²) in [6.07, 6.45) is 1.37. The van der Waals surface area contributed by atoms with E-state index in [-0.39, 0.29) is 12.6 Å². The highest BCUT2D eigenvalue weighted by molar-refractivity contribution is 7.79. The van der Waals surface area contributed by atoms with Crippen molar-refractivity contribution in [2.45, 2.75) is 19.8 Å². The lowest BCUT2D eigenvalue weighted by Gasteiger charge is -2.01. The summed E-state index contributed by atoms with van der Waals surface area (Å²) >= 11 is 0. The molecule has 0 aromatic rings. The molecule has 0 fully saturated rings. The van der Waals surface area contributed by atoms with Crippen molar-refractivity contribution in [2.24, 2.45) is 0 Å². The minimum atomic E-state index is -4.67. The maximum Gasteiger partial charge on any atom is 0.394 e. The Balaban J connectivity index is 0. The molecule has 96 valence electrons. The first-order valence-corrected chi connectivity index (χ1v) is 5.71. The maximum atomic E-state index is 10.7. The van der Waals surface area contributed by atoms with Gasteiger partial charge in [0.05, 0.1) is 6.61 Å². The van der Waals surface area contributed by atoms with Gasteiger partial charge in [0, 0.05) is 12.2 Å². The van der Waals surface area contributed by atoms with Crippen molar-refractivity contribution in [3.8, 4) is 0 Å². The third kappa shape index (κ3) is 23.1. The molecular formula is C8H16O7S. The fourth-order valence-electron chi connectivity index (χ4n) is 0.502. The summed E-state index contributed by atoms with van der Waals surface area (Å²) in [4.78, 5) is 10.7. The quantitative estimate of drug-likeness (QED) is 0.278. The second-order valence-corrected chi connectivity index (χ2v) is 3.69. The summed E-state index contributed by atoms with van der Waals surface area (Å²) < 4.78 is 36.3. The van der Waals surface area contributed by atoms with E-state index < -0.39 is 10.4 Å². The van der Waals surface area contributed by atoms with Gasteiger partial charge < -0.3 is 9.84 Å². The molecule has 0 rings (SSSR count). The van der Waals surface area contributed by atoms with E-state index >= 15 is 0 Å². The van der Waals surface area contributed by atoms with Gasteiger partial charge in [-0.2, -0.15) is 8.42 Å². The monoisotopic (exact) mass is 256 g/mol. The predicted octanol–water partition coefficient (Wildman–Crippen LogP) is 0.225. The molecule has 0 amide bonds. The Hall–Kier alpha value is -0.960. The van der Waals surface area contributed by atoms with Gasteiger partial charge in [-0.25, -0.2) is 4.79 Å². The average molecular weight is 256 g/mol. The molecule has 0 atom stereocenters. The molecule has 8 heteroatoms. The van der Waals surface area contributed by atoms with Gasteiger partial charge >= 0.3 is 16.4 Å². The molecule has 0 unspecified atom stereocenters. The van der Waals surface area contributed by atoms with Crippen LogP contribution in [0.2, 0.25) is 0 Å². The highest BCUT2D eigenvalue weighted by atomic mass is 32.3. The number of ether oxygens (including phenoxy) is 1. The van der Waals surface area contributed by atoms with Crippen molar-refractivity contribution < 1.29 is 32.2 Å². The zero-order valence-corrected chi connectivity index (χ0v) is 9.73. The Labute approximate surface area is 94.3 Å². The van der Waals surface area contributed by atoms with Crippen molar-refractivity contribution in [1.82, 2.24) is 0 Å². The molecule has 0 heterocycles. The van der Waals surface area contributed by atoms with E-state index in [0.717, 1.165) is 0 Å². The summed E-state index contributed by atoms with van der Waals surface area (Å²) in [5.74, 6) is -0.358. The molecule has 0 radical (unpaired) electrons. The molecule has 0 saturated carbocycles. The Morgan fingerprint density at radius 1 is 1.31 bits per heavy atom. The molecule has 0 saturated heterocycles. The zero-order chi connectivity index (χ0) is 13.2. The molecule has 7 nitrogen and oxygen atoms in total. The number of carbonyl (C=O) groups is 1. The summed E-state index contributed by atoms with van der Waals surface area (Å²) in [6, 6.07) is 0. The van der Waals surface area contributed by atoms with Crippen LogP contribution in [0.5, 0.6) is 0 Å². The highest BCUT2D eigenvalue weighted by Crippen LogP contribution is 1.94. The molecule has 0 aromatic heterocycles. The second kappa shape index (κ2) is 9.28. The first kappa shape index (κ1) is 17.4. The van der Waals surface area contributed by atoms with Gasteiger partial charge in [-0.1, -0.05) is 6.58 Å². The zero-order valence-electron chi connectivity index (χ0n) is 8.92. The van der Waals surface area contributed by atoms with E-state index in [1.54, 1.807) is 6.92 Å². The molecule has 3 N–H and O–H groups in total. The summed E-state index contributed by atoms with van der Waals surface area (Å²) in [5.41, 5.74) is 0.411. The van der Waals surface area contributed by atoms with Gasteiger partial charge in [0.25, 0.3) is 0 Å².